The number of benzene rings is 1. The number of ether oxygens (including phenoxy) is 1. The van der Waals surface area contributed by atoms with Crippen molar-refractivity contribution in [3.63, 3.8) is 0 Å². The van der Waals surface area contributed by atoms with E-state index in [1.54, 1.807) is 24.6 Å². The minimum atomic E-state index is -1.25. The number of halogens is 1. The van der Waals surface area contributed by atoms with Gasteiger partial charge in [0, 0.05) is 23.9 Å². The van der Waals surface area contributed by atoms with Crippen molar-refractivity contribution in [3.8, 4) is 5.75 Å². The number of hydrogen-bond donors (Lipinski definition) is 2. The summed E-state index contributed by atoms with van der Waals surface area (Å²) in [5, 5.41) is 12.3. The second-order valence-electron chi connectivity index (χ2n) is 9.09. The predicted octanol–water partition coefficient (Wildman–Crippen LogP) is 5.78. The fraction of sp³-hybridized carbons (Fsp3) is 0.462. The predicted molar refractivity (Wildman–Crippen MR) is 139 cm³/mol. The number of fused-ring (bicyclic) bond motifs is 1. The van der Waals surface area contributed by atoms with Crippen molar-refractivity contribution in [3.05, 3.63) is 53.0 Å². The molecule has 0 bridgehead atoms. The van der Waals surface area contributed by atoms with Gasteiger partial charge >= 0.3 is 0 Å². The zero-order chi connectivity index (χ0) is 24.8. The lowest BCUT2D eigenvalue weighted by molar-refractivity contribution is -0.143. The molecule has 2 N–H and O–H groups in total. The molecular weight excluding hydrogens is 485 g/mol. The molecule has 1 fully saturated rings. The number of thioether (sulfide) groups is 1. The van der Waals surface area contributed by atoms with E-state index in [1.165, 1.54) is 4.21 Å². The molecule has 1 amide bonds. The largest absolute Gasteiger partial charge is 0.497 e. The van der Waals surface area contributed by atoms with E-state index < -0.39 is 17.5 Å². The van der Waals surface area contributed by atoms with E-state index in [-0.39, 0.29) is 6.42 Å². The Kier molecular flexibility index (Phi) is 8.64. The number of nitrogens with one attached hydrogen (secondary N) is 1. The Bertz CT molecular complexity index is 1130. The van der Waals surface area contributed by atoms with Crippen LogP contribution in [0, 0.1) is 12.3 Å². The van der Waals surface area contributed by atoms with Crippen molar-refractivity contribution in [2.75, 3.05) is 32.5 Å². The molecule has 0 unspecified atom stereocenters. The van der Waals surface area contributed by atoms with E-state index >= 15 is 4.39 Å². The van der Waals surface area contributed by atoms with Crippen LogP contribution in [0.2, 0.25) is 0 Å². The van der Waals surface area contributed by atoms with E-state index in [1.807, 2.05) is 42.4 Å². The number of pyridine rings is 1. The maximum absolute atomic E-state index is 15.8. The van der Waals surface area contributed by atoms with E-state index in [0.29, 0.717) is 36.1 Å². The Balaban J connectivity index is 1.42. The van der Waals surface area contributed by atoms with Gasteiger partial charge in [-0.1, -0.05) is 6.07 Å². The van der Waals surface area contributed by atoms with E-state index in [4.69, 9.17) is 4.74 Å². The van der Waals surface area contributed by atoms with Gasteiger partial charge in [-0.25, -0.2) is 9.87 Å². The third-order valence-corrected chi connectivity index (χ3v) is 9.16. The molecule has 35 heavy (non-hydrogen) atoms. The molecule has 6 nitrogen and oxygen atoms in total. The van der Waals surface area contributed by atoms with Crippen LogP contribution in [0.15, 0.2) is 46.1 Å². The highest BCUT2D eigenvalue weighted by Crippen LogP contribution is 2.41. The summed E-state index contributed by atoms with van der Waals surface area (Å²) in [7, 11) is 1.58. The number of aromatic nitrogens is 1. The summed E-state index contributed by atoms with van der Waals surface area (Å²) < 4.78 is 22.4. The number of rotatable bonds is 10. The molecule has 4 rings (SSSR count). The summed E-state index contributed by atoms with van der Waals surface area (Å²) in [5.41, 5.74) is 3.17. The second-order valence-corrected chi connectivity index (χ2v) is 11.4. The first-order chi connectivity index (χ1) is 17.0. The van der Waals surface area contributed by atoms with E-state index in [2.05, 4.69) is 27.4 Å². The molecule has 1 saturated heterocycles. The maximum Gasteiger partial charge on any atom is 0.249 e. The number of carbonyl (C=O) groups is 1. The average Bonchev–Trinajstić information content (AvgIpc) is 3.40. The first-order valence-corrected chi connectivity index (χ1v) is 13.7. The highest BCUT2D eigenvalue weighted by molar-refractivity contribution is 8.01. The van der Waals surface area contributed by atoms with Crippen LogP contribution in [0.3, 0.4) is 0 Å². The lowest BCUT2D eigenvalue weighted by Crippen LogP contribution is -2.48. The van der Waals surface area contributed by atoms with Crippen molar-refractivity contribution in [1.29, 1.82) is 0 Å². The molecule has 0 saturated carbocycles. The van der Waals surface area contributed by atoms with Crippen LogP contribution in [-0.2, 0) is 4.79 Å². The zero-order valence-corrected chi connectivity index (χ0v) is 21.8. The number of carbonyl (C=O) groups excluding carboxylic acids is 1. The van der Waals surface area contributed by atoms with Gasteiger partial charge in [0.25, 0.3) is 0 Å². The molecule has 3 heterocycles. The van der Waals surface area contributed by atoms with E-state index in [9.17, 15) is 10.0 Å². The number of thiophene rings is 1. The second kappa shape index (κ2) is 11.7. The molecule has 2 aromatic heterocycles. The number of hydroxylamine groups is 1. The summed E-state index contributed by atoms with van der Waals surface area (Å²) in [4.78, 5) is 19.5. The number of hydrogen-bond acceptors (Lipinski definition) is 7. The van der Waals surface area contributed by atoms with Gasteiger partial charge < -0.3 is 9.64 Å². The molecule has 0 aliphatic carbocycles. The van der Waals surface area contributed by atoms with Crippen molar-refractivity contribution < 1.29 is 19.1 Å². The molecule has 1 atom stereocenters. The van der Waals surface area contributed by atoms with Gasteiger partial charge in [0.05, 0.1) is 22.3 Å². The Morgan fingerprint density at radius 1 is 1.37 bits per heavy atom. The van der Waals surface area contributed by atoms with Crippen LogP contribution in [0.1, 0.15) is 43.0 Å². The smallest absolute Gasteiger partial charge is 0.249 e. The number of likely N-dealkylation sites (tertiary alicyclic amines) is 1. The fourth-order valence-electron chi connectivity index (χ4n) is 4.92. The standard InChI is InChI=1S/C26H32FN3O3S2/c1-18-17-28-22-6-5-19(33-2)16-20(22)24(18)21(27)7-8-26(25(31)29-32)9-11-30(12-10-26)13-15-35-23-4-3-14-34-23/h3-6,14,16-17,21,32H,7-13,15H2,1-2H3,(H,29,31)/t21-/m1/s1. The molecule has 1 aliphatic rings. The molecule has 1 aliphatic heterocycles. The van der Waals surface area contributed by atoms with Gasteiger partial charge in [0.1, 0.15) is 11.9 Å². The molecule has 188 valence electrons. The van der Waals surface area contributed by atoms with Gasteiger partial charge in [0.15, 0.2) is 0 Å². The fourth-order valence-corrected chi connectivity index (χ4v) is 6.78. The highest BCUT2D eigenvalue weighted by atomic mass is 32.2. The molecule has 9 heteroatoms. The van der Waals surface area contributed by atoms with Crippen molar-refractivity contribution in [2.45, 2.75) is 43.0 Å². The summed E-state index contributed by atoms with van der Waals surface area (Å²) in [6.45, 7) is 4.31. The maximum atomic E-state index is 15.8. The quantitative estimate of drug-likeness (QED) is 0.202. The average molecular weight is 518 g/mol. The first kappa shape index (κ1) is 25.9. The van der Waals surface area contributed by atoms with Gasteiger partial charge in [-0.15, -0.1) is 23.1 Å². The minimum absolute atomic E-state index is 0.193. The Morgan fingerprint density at radius 3 is 2.86 bits per heavy atom. The van der Waals surface area contributed by atoms with Gasteiger partial charge in [-0.2, -0.15) is 0 Å². The molecule has 3 aromatic rings. The van der Waals surface area contributed by atoms with Gasteiger partial charge in [-0.05, 0) is 86.5 Å². The SMILES string of the molecule is COc1ccc2ncc(C)c([C@H](F)CCC3(C(=O)NO)CCN(CCSc4cccs4)CC3)c2c1. The monoisotopic (exact) mass is 517 g/mol. The lowest BCUT2D eigenvalue weighted by atomic mass is 9.73. The lowest BCUT2D eigenvalue weighted by Gasteiger charge is -2.40. The van der Waals surface area contributed by atoms with Crippen LogP contribution >= 0.6 is 23.1 Å². The van der Waals surface area contributed by atoms with Crippen LogP contribution < -0.4 is 10.2 Å². The summed E-state index contributed by atoms with van der Waals surface area (Å²) in [6.07, 6.45) is 2.19. The van der Waals surface area contributed by atoms with Crippen molar-refractivity contribution in [1.82, 2.24) is 15.4 Å². The van der Waals surface area contributed by atoms with Crippen LogP contribution in [0.4, 0.5) is 4.39 Å². The molecule has 0 spiro atoms. The van der Waals surface area contributed by atoms with Gasteiger partial charge in [0.2, 0.25) is 5.91 Å². The molecule has 1 aromatic carbocycles. The van der Waals surface area contributed by atoms with Crippen LogP contribution in [0.5, 0.6) is 5.75 Å². The number of methoxy groups -OCH3 is 1. The normalized spacial score (nSPS) is 16.8. The Hall–Kier alpha value is -2.20. The van der Waals surface area contributed by atoms with Gasteiger partial charge in [-0.3, -0.25) is 15.0 Å². The number of alkyl halides is 1. The van der Waals surface area contributed by atoms with E-state index in [0.717, 1.165) is 36.3 Å². The number of nitrogens with zero attached hydrogens (tertiary/aromatic N) is 2. The Morgan fingerprint density at radius 2 is 2.17 bits per heavy atom. The Labute approximate surface area is 213 Å². The summed E-state index contributed by atoms with van der Waals surface area (Å²) in [6, 6.07) is 9.64. The first-order valence-electron chi connectivity index (χ1n) is 11.9. The van der Waals surface area contributed by atoms with Crippen molar-refractivity contribution >= 4 is 39.9 Å². The summed E-state index contributed by atoms with van der Waals surface area (Å²) >= 11 is 3.59. The highest BCUT2D eigenvalue weighted by Gasteiger charge is 2.41. The topological polar surface area (TPSA) is 74.7 Å². The number of piperidine rings is 1. The van der Waals surface area contributed by atoms with Crippen molar-refractivity contribution in [2.24, 2.45) is 5.41 Å². The third-order valence-electron chi connectivity index (χ3n) is 7.05. The number of aryl methyl sites for hydroxylation is 1. The van der Waals surface area contributed by atoms with Crippen LogP contribution in [-0.4, -0.2) is 53.5 Å². The third kappa shape index (κ3) is 5.97. The molecule has 0 radical (unpaired) electrons. The van der Waals surface area contributed by atoms with Crippen LogP contribution in [0.25, 0.3) is 10.9 Å². The summed E-state index contributed by atoms with van der Waals surface area (Å²) in [5.74, 6) is 1.23. The zero-order valence-electron chi connectivity index (χ0n) is 20.1. The number of amides is 1. The minimum Gasteiger partial charge on any atom is -0.497 e. The molecular formula is C26H32FN3O3S2.